The van der Waals surface area contributed by atoms with Crippen LogP contribution < -0.4 is 0 Å². The van der Waals surface area contributed by atoms with Crippen molar-refractivity contribution in [3.63, 3.8) is 0 Å². The maximum absolute atomic E-state index is 12.5. The van der Waals surface area contributed by atoms with Gasteiger partial charge >= 0.3 is 11.9 Å². The number of hydrogen-bond acceptors (Lipinski definition) is 3. The molecule has 0 aromatic rings. The quantitative estimate of drug-likeness (QED) is 0.339. The summed E-state index contributed by atoms with van der Waals surface area (Å²) in [6, 6.07) is 0. The third-order valence-electron chi connectivity index (χ3n) is 5.40. The zero-order valence-electron chi connectivity index (χ0n) is 16.3. The maximum Gasteiger partial charge on any atom is 0.309 e. The molecule has 0 aliphatic heterocycles. The van der Waals surface area contributed by atoms with Crippen molar-refractivity contribution in [2.75, 3.05) is 0 Å². The molecule has 0 saturated heterocycles. The molecule has 4 nitrogen and oxygen atoms in total. The Labute approximate surface area is 153 Å². The number of carboxylic acid groups (broad SMARTS) is 1. The van der Waals surface area contributed by atoms with E-state index in [-0.39, 0.29) is 23.9 Å². The number of carboxylic acids is 1. The number of hydrogen-bond donors (Lipinski definition) is 1. The summed E-state index contributed by atoms with van der Waals surface area (Å²) in [5, 5.41) is 9.20. The van der Waals surface area contributed by atoms with Crippen LogP contribution in [0.25, 0.3) is 0 Å². The first-order valence-corrected chi connectivity index (χ1v) is 10.5. The highest BCUT2D eigenvalue weighted by Gasteiger charge is 2.32. The molecule has 0 spiro atoms. The molecule has 1 saturated carbocycles. The van der Waals surface area contributed by atoms with Gasteiger partial charge in [0.05, 0.1) is 11.8 Å². The fourth-order valence-electron chi connectivity index (χ4n) is 3.75. The fourth-order valence-corrected chi connectivity index (χ4v) is 3.75. The average Bonchev–Trinajstić information content (AvgIpc) is 2.61. The number of aliphatic carboxylic acids is 1. The van der Waals surface area contributed by atoms with Crippen LogP contribution in [0.3, 0.4) is 0 Å². The van der Waals surface area contributed by atoms with Gasteiger partial charge in [0.1, 0.15) is 6.10 Å². The van der Waals surface area contributed by atoms with E-state index in [9.17, 15) is 14.7 Å². The van der Waals surface area contributed by atoms with Crippen molar-refractivity contribution in [3.8, 4) is 0 Å². The third-order valence-corrected chi connectivity index (χ3v) is 5.40. The molecule has 1 aliphatic carbocycles. The van der Waals surface area contributed by atoms with E-state index in [1.165, 1.54) is 38.5 Å². The highest BCUT2D eigenvalue weighted by atomic mass is 16.5. The number of ether oxygens (including phenoxy) is 1. The SMILES string of the molecule is CCCCCCCC(CCCCC)OC(=O)C1CCCC(C(=O)O)C1. The number of carbonyl (C=O) groups excluding carboxylic acids is 1. The van der Waals surface area contributed by atoms with Crippen molar-refractivity contribution < 1.29 is 19.4 Å². The van der Waals surface area contributed by atoms with E-state index in [2.05, 4.69) is 13.8 Å². The van der Waals surface area contributed by atoms with Crippen LogP contribution in [0.1, 0.15) is 104 Å². The van der Waals surface area contributed by atoms with E-state index in [1.807, 2.05) is 0 Å². The lowest BCUT2D eigenvalue weighted by Crippen LogP contribution is -2.31. The molecular weight excluding hydrogens is 316 g/mol. The molecule has 1 fully saturated rings. The summed E-state index contributed by atoms with van der Waals surface area (Å²) in [5.74, 6) is -1.52. The predicted octanol–water partition coefficient (Wildman–Crippen LogP) is 5.73. The number of unbranched alkanes of at least 4 members (excludes halogenated alkanes) is 6. The second-order valence-corrected chi connectivity index (χ2v) is 7.66. The molecule has 1 aliphatic rings. The van der Waals surface area contributed by atoms with Crippen molar-refractivity contribution in [3.05, 3.63) is 0 Å². The normalized spacial score (nSPS) is 21.7. The topological polar surface area (TPSA) is 63.6 Å². The Hall–Kier alpha value is -1.06. The summed E-state index contributed by atoms with van der Waals surface area (Å²) < 4.78 is 5.84. The summed E-state index contributed by atoms with van der Waals surface area (Å²) in [5.41, 5.74) is 0. The summed E-state index contributed by atoms with van der Waals surface area (Å²) in [6.45, 7) is 4.39. The van der Waals surface area contributed by atoms with Crippen LogP contribution in [0.2, 0.25) is 0 Å². The van der Waals surface area contributed by atoms with Gasteiger partial charge in [-0.05, 0) is 44.9 Å². The molecule has 146 valence electrons. The minimum Gasteiger partial charge on any atom is -0.481 e. The van der Waals surface area contributed by atoms with Crippen LogP contribution >= 0.6 is 0 Å². The Bertz CT molecular complexity index is 380. The minimum absolute atomic E-state index is 0.0193. The van der Waals surface area contributed by atoms with Crippen molar-refractivity contribution >= 4 is 11.9 Å². The molecule has 3 atom stereocenters. The maximum atomic E-state index is 12.5. The summed E-state index contributed by atoms with van der Waals surface area (Å²) in [7, 11) is 0. The summed E-state index contributed by atoms with van der Waals surface area (Å²) in [6.07, 6.45) is 14.2. The molecule has 1 rings (SSSR count). The molecule has 0 radical (unpaired) electrons. The highest BCUT2D eigenvalue weighted by Crippen LogP contribution is 2.31. The molecule has 1 N–H and O–H groups in total. The van der Waals surface area contributed by atoms with Gasteiger partial charge in [-0.2, -0.15) is 0 Å². The number of rotatable bonds is 13. The van der Waals surface area contributed by atoms with E-state index in [4.69, 9.17) is 4.74 Å². The van der Waals surface area contributed by atoms with Gasteiger partial charge in [-0.15, -0.1) is 0 Å². The molecule has 0 bridgehead atoms. The first kappa shape index (κ1) is 22.0. The lowest BCUT2D eigenvalue weighted by atomic mass is 9.81. The first-order valence-electron chi connectivity index (χ1n) is 10.5. The van der Waals surface area contributed by atoms with Gasteiger partial charge < -0.3 is 9.84 Å². The van der Waals surface area contributed by atoms with Crippen molar-refractivity contribution in [2.45, 2.75) is 110 Å². The lowest BCUT2D eigenvalue weighted by Gasteiger charge is -2.27. The fraction of sp³-hybridized carbons (Fsp3) is 0.905. The third kappa shape index (κ3) is 9.27. The summed E-state index contributed by atoms with van der Waals surface area (Å²) >= 11 is 0. The Kier molecular flexibility index (Phi) is 11.6. The zero-order chi connectivity index (χ0) is 18.5. The van der Waals surface area contributed by atoms with Crippen molar-refractivity contribution in [1.29, 1.82) is 0 Å². The molecule has 0 amide bonds. The smallest absolute Gasteiger partial charge is 0.309 e. The Morgan fingerprint density at radius 3 is 2.12 bits per heavy atom. The van der Waals surface area contributed by atoms with E-state index in [1.54, 1.807) is 0 Å². The highest BCUT2D eigenvalue weighted by molar-refractivity contribution is 5.75. The minimum atomic E-state index is -0.770. The molecule has 25 heavy (non-hydrogen) atoms. The van der Waals surface area contributed by atoms with Crippen LogP contribution in [-0.2, 0) is 14.3 Å². The van der Waals surface area contributed by atoms with Gasteiger partial charge in [0.2, 0.25) is 0 Å². The zero-order valence-corrected chi connectivity index (χ0v) is 16.3. The van der Waals surface area contributed by atoms with Gasteiger partial charge in [0.15, 0.2) is 0 Å². The second kappa shape index (κ2) is 13.2. The van der Waals surface area contributed by atoms with Gasteiger partial charge in [-0.1, -0.05) is 58.8 Å². The largest absolute Gasteiger partial charge is 0.481 e. The molecule has 0 heterocycles. The van der Waals surface area contributed by atoms with Crippen LogP contribution in [0, 0.1) is 11.8 Å². The first-order chi connectivity index (χ1) is 12.1. The monoisotopic (exact) mass is 354 g/mol. The molecule has 3 unspecified atom stereocenters. The lowest BCUT2D eigenvalue weighted by molar-refractivity contribution is -0.158. The van der Waals surface area contributed by atoms with Crippen LogP contribution in [0.5, 0.6) is 0 Å². The van der Waals surface area contributed by atoms with E-state index in [0.29, 0.717) is 12.8 Å². The van der Waals surface area contributed by atoms with E-state index in [0.717, 1.165) is 38.5 Å². The molecular formula is C21H38O4. The van der Waals surface area contributed by atoms with Gasteiger partial charge in [0, 0.05) is 0 Å². The van der Waals surface area contributed by atoms with Gasteiger partial charge in [-0.3, -0.25) is 9.59 Å². The Morgan fingerprint density at radius 2 is 1.48 bits per heavy atom. The van der Waals surface area contributed by atoms with Crippen molar-refractivity contribution in [2.24, 2.45) is 11.8 Å². The average molecular weight is 355 g/mol. The van der Waals surface area contributed by atoms with E-state index >= 15 is 0 Å². The number of esters is 1. The van der Waals surface area contributed by atoms with Crippen LogP contribution in [0.4, 0.5) is 0 Å². The van der Waals surface area contributed by atoms with Crippen molar-refractivity contribution in [1.82, 2.24) is 0 Å². The molecule has 0 aromatic heterocycles. The van der Waals surface area contributed by atoms with E-state index < -0.39 is 5.97 Å². The predicted molar refractivity (Wildman–Crippen MR) is 100 cm³/mol. The summed E-state index contributed by atoms with van der Waals surface area (Å²) in [4.78, 5) is 23.7. The molecule has 0 aromatic carbocycles. The van der Waals surface area contributed by atoms with Crippen LogP contribution in [0.15, 0.2) is 0 Å². The second-order valence-electron chi connectivity index (χ2n) is 7.66. The van der Waals surface area contributed by atoms with Gasteiger partial charge in [-0.25, -0.2) is 0 Å². The Morgan fingerprint density at radius 1 is 0.920 bits per heavy atom. The Balaban J connectivity index is 2.44. The molecule has 4 heteroatoms. The number of carbonyl (C=O) groups is 2. The van der Waals surface area contributed by atoms with Gasteiger partial charge in [0.25, 0.3) is 0 Å². The standard InChI is InChI=1S/C21H38O4/c1-3-5-7-8-10-15-19(14-9-6-4-2)25-21(24)18-13-11-12-17(16-18)20(22)23/h17-19H,3-16H2,1-2H3,(H,22,23). The van der Waals surface area contributed by atoms with Crippen LogP contribution in [-0.4, -0.2) is 23.1 Å².